The van der Waals surface area contributed by atoms with Gasteiger partial charge in [0.2, 0.25) is 5.95 Å². The number of rotatable bonds is 7. The van der Waals surface area contributed by atoms with Gasteiger partial charge in [-0.2, -0.15) is 44.0 Å². The van der Waals surface area contributed by atoms with Crippen molar-refractivity contribution in [1.82, 2.24) is 9.97 Å². The van der Waals surface area contributed by atoms with E-state index in [1.807, 2.05) is 0 Å². The highest BCUT2D eigenvalue weighted by Gasteiger charge is 2.24. The van der Waals surface area contributed by atoms with E-state index >= 15 is 0 Å². The van der Waals surface area contributed by atoms with E-state index in [4.69, 9.17) is 11.6 Å². The number of fused-ring (bicyclic) bond motifs is 1. The van der Waals surface area contributed by atoms with Crippen molar-refractivity contribution in [2.45, 2.75) is 14.7 Å². The maximum Gasteiger partial charge on any atom is 0.313 e. The lowest BCUT2D eigenvalue weighted by Crippen LogP contribution is -2.04. The molecule has 4 aromatic rings. The van der Waals surface area contributed by atoms with Gasteiger partial charge in [0.25, 0.3) is 30.4 Å². The van der Waals surface area contributed by atoms with Gasteiger partial charge in [-0.05, 0) is 41.8 Å². The van der Waals surface area contributed by atoms with Crippen LogP contribution < -0.4 is 5.32 Å². The highest BCUT2D eigenvalue weighted by atomic mass is 35.5. The van der Waals surface area contributed by atoms with Gasteiger partial charge >= 0.3 is 6.08 Å². The monoisotopic (exact) mass is 667 g/mol. The largest absolute Gasteiger partial charge is 0.505 e. The first kappa shape index (κ1) is 30.8. The third-order valence-corrected chi connectivity index (χ3v) is 8.14. The number of hydrogen-bond donors (Lipinski definition) is 6. The second-order valence-electron chi connectivity index (χ2n) is 7.99. The number of phenols is 2. The maximum atomic E-state index is 13.7. The first-order valence-corrected chi connectivity index (χ1v) is 15.1. The average molecular weight is 668 g/mol. The summed E-state index contributed by atoms with van der Waals surface area (Å²) < 4.78 is 126. The summed E-state index contributed by atoms with van der Waals surface area (Å²) in [5.74, 6) is -4.39. The lowest BCUT2D eigenvalue weighted by molar-refractivity contribution is 0.471. The average Bonchev–Trinajstić information content (AvgIpc) is 2.86. The molecule has 0 aliphatic rings. The smallest absolute Gasteiger partial charge is 0.313 e. The molecular weight excluding hydrogens is 656 g/mol. The number of aromatic nitrogens is 2. The number of nitrogens with zero attached hydrogens (tertiary/aromatic N) is 4. The molecule has 16 nitrogen and oxygen atoms in total. The molecule has 42 heavy (non-hydrogen) atoms. The van der Waals surface area contributed by atoms with Gasteiger partial charge in [0, 0.05) is 5.39 Å². The van der Waals surface area contributed by atoms with Gasteiger partial charge in [-0.15, -0.1) is 10.2 Å². The maximum absolute atomic E-state index is 13.7. The van der Waals surface area contributed by atoms with Crippen LogP contribution >= 0.6 is 11.6 Å². The van der Waals surface area contributed by atoms with Crippen molar-refractivity contribution in [2.24, 2.45) is 10.2 Å². The first-order valence-electron chi connectivity index (χ1n) is 10.4. The van der Waals surface area contributed by atoms with Crippen molar-refractivity contribution in [1.29, 1.82) is 0 Å². The van der Waals surface area contributed by atoms with Gasteiger partial charge in [0.05, 0.1) is 15.5 Å². The Labute approximate surface area is 238 Å². The van der Waals surface area contributed by atoms with Crippen LogP contribution in [0.2, 0.25) is 5.02 Å². The molecular formula is C20H12ClF2N5O11S3. The number of halogens is 3. The Balaban J connectivity index is 1.94. The summed E-state index contributed by atoms with van der Waals surface area (Å²) >= 11 is 5.66. The topological polar surface area (TPSA) is 266 Å². The van der Waals surface area contributed by atoms with Crippen LogP contribution in [0.15, 0.2) is 61.3 Å². The van der Waals surface area contributed by atoms with E-state index < -0.39 is 96.5 Å². The van der Waals surface area contributed by atoms with Crippen molar-refractivity contribution in [3.05, 3.63) is 53.4 Å². The molecule has 0 fully saturated rings. The third-order valence-electron chi connectivity index (χ3n) is 5.25. The number of azo groups is 1. The van der Waals surface area contributed by atoms with E-state index in [0.717, 1.165) is 18.2 Å². The summed E-state index contributed by atoms with van der Waals surface area (Å²) in [6, 6.07) is 4.31. The Morgan fingerprint density at radius 3 is 2.02 bits per heavy atom. The summed E-state index contributed by atoms with van der Waals surface area (Å²) in [7, 11) is -15.1. The highest BCUT2D eigenvalue weighted by Crippen LogP contribution is 2.44. The number of anilines is 2. The molecule has 0 amide bonds. The number of nitrogens with one attached hydrogen (secondary N) is 1. The van der Waals surface area contributed by atoms with Gasteiger partial charge < -0.3 is 15.5 Å². The van der Waals surface area contributed by atoms with Gasteiger partial charge in [-0.3, -0.25) is 13.7 Å². The quantitative estimate of drug-likeness (QED) is 0.0537. The van der Waals surface area contributed by atoms with Crippen LogP contribution in [0.5, 0.6) is 11.5 Å². The normalized spacial score (nSPS) is 12.7. The van der Waals surface area contributed by atoms with E-state index in [1.165, 1.54) is 0 Å². The number of aromatic hydroxyl groups is 2. The summed E-state index contributed by atoms with van der Waals surface area (Å²) in [6.07, 6.45) is -1.61. The molecule has 3 aromatic carbocycles. The minimum atomic E-state index is -5.24. The van der Waals surface area contributed by atoms with Crippen molar-refractivity contribution in [3.8, 4) is 11.5 Å². The van der Waals surface area contributed by atoms with Crippen LogP contribution in [0.25, 0.3) is 10.8 Å². The number of phenolic OH excluding ortho intramolecular Hbond substituents is 2. The fraction of sp³-hybridized carbons (Fsp3) is 0. The standard InChI is InChI=1S/C20H12ClF2N5O11S3/c21-14-18(22)25-20(23)26-19(14)24-11-5-9(41(34,35)36)6-12(17(11)30)27-28-15-13(42(37,38)39)4-7-3-8(40(31,32)33)1-2-10(7)16(15)29/h1-6,29-30H,(H,24,25,26)(H,31,32,33)(H,34,35,36)(H,37,38,39). The number of benzene rings is 3. The van der Waals surface area contributed by atoms with Crippen LogP contribution in [0.1, 0.15) is 0 Å². The molecule has 0 atom stereocenters. The highest BCUT2D eigenvalue weighted by molar-refractivity contribution is 7.86. The summed E-state index contributed by atoms with van der Waals surface area (Å²) in [6.45, 7) is 0. The molecule has 0 bridgehead atoms. The van der Waals surface area contributed by atoms with E-state index in [1.54, 1.807) is 0 Å². The summed E-state index contributed by atoms with van der Waals surface area (Å²) in [4.78, 5) is 3.06. The predicted octanol–water partition coefficient (Wildman–Crippen LogP) is 3.87. The van der Waals surface area contributed by atoms with Gasteiger partial charge in [-0.25, -0.2) is 0 Å². The Morgan fingerprint density at radius 1 is 0.786 bits per heavy atom. The lowest BCUT2D eigenvalue weighted by atomic mass is 10.1. The second kappa shape index (κ2) is 10.6. The molecule has 0 aliphatic carbocycles. The molecule has 0 spiro atoms. The summed E-state index contributed by atoms with van der Waals surface area (Å²) in [5, 5.41) is 29.0. The van der Waals surface area contributed by atoms with E-state index in [9.17, 15) is 57.9 Å². The first-order chi connectivity index (χ1) is 19.3. The SMILES string of the molecule is O=S(=O)(O)c1cc(N=Nc2c(S(=O)(=O)O)cc3cc(S(=O)(=O)O)ccc3c2O)c(O)c(Nc2nc(F)nc(F)c2Cl)c1. The Bertz CT molecular complexity index is 2160. The van der Waals surface area contributed by atoms with Crippen LogP contribution in [0, 0.1) is 12.0 Å². The zero-order valence-corrected chi connectivity index (χ0v) is 23.0. The third kappa shape index (κ3) is 6.20. The minimum Gasteiger partial charge on any atom is -0.505 e. The zero-order valence-electron chi connectivity index (χ0n) is 19.8. The molecule has 0 saturated heterocycles. The van der Waals surface area contributed by atoms with Crippen LogP contribution in [-0.2, 0) is 30.4 Å². The molecule has 22 heteroatoms. The van der Waals surface area contributed by atoms with Crippen LogP contribution in [-0.4, -0.2) is 59.1 Å². The van der Waals surface area contributed by atoms with E-state index in [-0.39, 0.29) is 10.8 Å². The van der Waals surface area contributed by atoms with Crippen LogP contribution in [0.3, 0.4) is 0 Å². The number of hydrogen-bond acceptors (Lipinski definition) is 13. The summed E-state index contributed by atoms with van der Waals surface area (Å²) in [5.41, 5.74) is -2.58. The van der Waals surface area contributed by atoms with E-state index in [2.05, 4.69) is 25.5 Å². The molecule has 1 heterocycles. The fourth-order valence-corrected chi connectivity index (χ4v) is 5.24. The minimum absolute atomic E-state index is 0.260. The Hall–Kier alpha value is -4.12. The molecule has 0 aliphatic heterocycles. The molecule has 4 rings (SSSR count). The second-order valence-corrected chi connectivity index (χ2v) is 12.6. The van der Waals surface area contributed by atoms with Gasteiger partial charge in [-0.1, -0.05) is 11.6 Å². The van der Waals surface area contributed by atoms with Crippen molar-refractivity contribution >= 4 is 75.6 Å². The van der Waals surface area contributed by atoms with E-state index in [0.29, 0.717) is 18.2 Å². The molecule has 6 N–H and O–H groups in total. The molecule has 222 valence electrons. The fourth-order valence-electron chi connectivity index (χ4n) is 3.41. The Kier molecular flexibility index (Phi) is 7.79. The molecule has 0 radical (unpaired) electrons. The molecule has 1 aromatic heterocycles. The van der Waals surface area contributed by atoms with Crippen molar-refractivity contribution < 1.29 is 57.9 Å². The zero-order chi connectivity index (χ0) is 31.4. The van der Waals surface area contributed by atoms with Crippen molar-refractivity contribution in [2.75, 3.05) is 5.32 Å². The predicted molar refractivity (Wildman–Crippen MR) is 138 cm³/mol. The van der Waals surface area contributed by atoms with Gasteiger partial charge in [0.1, 0.15) is 21.3 Å². The lowest BCUT2D eigenvalue weighted by Gasteiger charge is -2.12. The van der Waals surface area contributed by atoms with Crippen molar-refractivity contribution in [3.63, 3.8) is 0 Å². The Morgan fingerprint density at radius 2 is 1.43 bits per heavy atom. The molecule has 0 unspecified atom stereocenters. The molecule has 0 saturated carbocycles. The van der Waals surface area contributed by atoms with Gasteiger partial charge in [0.15, 0.2) is 17.3 Å². The van der Waals surface area contributed by atoms with Crippen LogP contribution in [0.4, 0.5) is 31.7 Å².